The Bertz CT molecular complexity index is 746. The fraction of sp³-hybridized carbons (Fsp3) is 0.357. The summed E-state index contributed by atoms with van der Waals surface area (Å²) in [7, 11) is -1.54. The minimum atomic E-state index is -3.28. The largest absolute Gasteiger partial charge is 0.383 e. The zero-order chi connectivity index (χ0) is 14.3. The van der Waals surface area contributed by atoms with Crippen LogP contribution in [0.3, 0.4) is 0 Å². The fourth-order valence-electron chi connectivity index (χ4n) is 2.45. The van der Waals surface area contributed by atoms with Crippen molar-refractivity contribution in [2.75, 3.05) is 5.73 Å². The lowest BCUT2D eigenvalue weighted by molar-refractivity contribution is 0.477. The number of aryl methyl sites for hydroxylation is 1. The Hall–Kier alpha value is -1.82. The second-order valence-corrected chi connectivity index (χ2v) is 7.36. The van der Waals surface area contributed by atoms with Crippen LogP contribution in [0.5, 0.6) is 0 Å². The van der Waals surface area contributed by atoms with Crippen LogP contribution in [0.25, 0.3) is 11.1 Å². The second-order valence-electron chi connectivity index (χ2n) is 5.16. The van der Waals surface area contributed by atoms with Gasteiger partial charge in [-0.3, -0.25) is 4.68 Å². The molecule has 0 amide bonds. The van der Waals surface area contributed by atoms with Gasteiger partial charge in [0, 0.05) is 18.2 Å². The van der Waals surface area contributed by atoms with Gasteiger partial charge >= 0.3 is 0 Å². The molecule has 3 rings (SSSR count). The molecule has 1 aromatic carbocycles. The van der Waals surface area contributed by atoms with Crippen molar-refractivity contribution in [1.29, 1.82) is 0 Å². The molecule has 6 heteroatoms. The molecule has 1 heterocycles. The molecule has 1 aliphatic rings. The van der Waals surface area contributed by atoms with E-state index in [0.29, 0.717) is 21.8 Å². The van der Waals surface area contributed by atoms with Gasteiger partial charge in [0.25, 0.3) is 0 Å². The smallest absolute Gasteiger partial charge is 0.181 e. The monoisotopic (exact) mass is 291 g/mol. The quantitative estimate of drug-likeness (QED) is 0.938. The van der Waals surface area contributed by atoms with Gasteiger partial charge < -0.3 is 5.73 Å². The standard InChI is InChI=1S/C14H17N3O2S/c1-17-14(15)12(9-16-17)11-7-2-3-8-13(11)20(18,19)10-5-4-6-10/h2-3,7-10H,4-6,15H2,1H3. The third kappa shape index (κ3) is 1.91. The van der Waals surface area contributed by atoms with Gasteiger partial charge in [0.15, 0.2) is 9.84 Å². The number of nitrogens with zero attached hydrogens (tertiary/aromatic N) is 2. The minimum Gasteiger partial charge on any atom is -0.383 e. The van der Waals surface area contributed by atoms with E-state index in [2.05, 4.69) is 5.10 Å². The summed E-state index contributed by atoms with van der Waals surface area (Å²) in [5.41, 5.74) is 7.29. The number of sulfone groups is 1. The van der Waals surface area contributed by atoms with E-state index < -0.39 is 9.84 Å². The Balaban J connectivity index is 2.16. The third-order valence-electron chi connectivity index (χ3n) is 3.96. The van der Waals surface area contributed by atoms with Crippen molar-refractivity contribution in [2.45, 2.75) is 29.4 Å². The molecular weight excluding hydrogens is 274 g/mol. The highest BCUT2D eigenvalue weighted by atomic mass is 32.2. The average molecular weight is 291 g/mol. The van der Waals surface area contributed by atoms with E-state index in [-0.39, 0.29) is 5.25 Å². The summed E-state index contributed by atoms with van der Waals surface area (Å²) in [5.74, 6) is 0.473. The Morgan fingerprint density at radius 3 is 2.50 bits per heavy atom. The van der Waals surface area contributed by atoms with Crippen LogP contribution in [-0.2, 0) is 16.9 Å². The van der Waals surface area contributed by atoms with Crippen molar-refractivity contribution in [2.24, 2.45) is 7.05 Å². The summed E-state index contributed by atoms with van der Waals surface area (Å²) in [6, 6.07) is 7.03. The summed E-state index contributed by atoms with van der Waals surface area (Å²) in [4.78, 5) is 0.365. The summed E-state index contributed by atoms with van der Waals surface area (Å²) >= 11 is 0. The first kappa shape index (κ1) is 13.2. The highest BCUT2D eigenvalue weighted by Crippen LogP contribution is 2.37. The lowest BCUT2D eigenvalue weighted by Gasteiger charge is -2.26. The van der Waals surface area contributed by atoms with E-state index in [4.69, 9.17) is 5.73 Å². The zero-order valence-electron chi connectivity index (χ0n) is 11.3. The van der Waals surface area contributed by atoms with E-state index in [1.165, 1.54) is 0 Å². The summed E-state index contributed by atoms with van der Waals surface area (Å²) in [6.07, 6.45) is 4.10. The number of hydrogen-bond donors (Lipinski definition) is 1. The van der Waals surface area contributed by atoms with Gasteiger partial charge in [-0.25, -0.2) is 8.42 Å². The molecule has 1 fully saturated rings. The predicted octanol–water partition coefficient (Wildman–Crippen LogP) is 2.00. The second kappa shape index (κ2) is 4.63. The van der Waals surface area contributed by atoms with Crippen LogP contribution in [0.4, 0.5) is 5.82 Å². The van der Waals surface area contributed by atoms with Gasteiger partial charge in [0.1, 0.15) is 5.82 Å². The SMILES string of the molecule is Cn1ncc(-c2ccccc2S(=O)(=O)C2CCC2)c1N. The van der Waals surface area contributed by atoms with Crippen molar-refractivity contribution in [3.05, 3.63) is 30.5 Å². The first-order valence-corrected chi connectivity index (χ1v) is 8.17. The van der Waals surface area contributed by atoms with Crippen LogP contribution in [0, 0.1) is 0 Å². The summed E-state index contributed by atoms with van der Waals surface area (Å²) in [5, 5.41) is 3.84. The highest BCUT2D eigenvalue weighted by Gasteiger charge is 2.34. The molecule has 0 saturated heterocycles. The molecule has 1 aliphatic carbocycles. The molecular formula is C14H17N3O2S. The molecule has 2 N–H and O–H groups in total. The number of nitrogens with two attached hydrogens (primary N) is 1. The first-order valence-electron chi connectivity index (χ1n) is 6.62. The molecule has 0 atom stereocenters. The molecule has 0 radical (unpaired) electrons. The van der Waals surface area contributed by atoms with Gasteiger partial charge in [-0.1, -0.05) is 24.6 Å². The van der Waals surface area contributed by atoms with Gasteiger partial charge in [-0.05, 0) is 18.9 Å². The van der Waals surface area contributed by atoms with Gasteiger partial charge in [-0.15, -0.1) is 0 Å². The van der Waals surface area contributed by atoms with E-state index in [0.717, 1.165) is 19.3 Å². The Morgan fingerprint density at radius 1 is 1.25 bits per heavy atom. The highest BCUT2D eigenvalue weighted by molar-refractivity contribution is 7.92. The molecule has 0 aliphatic heterocycles. The molecule has 106 valence electrons. The zero-order valence-corrected chi connectivity index (χ0v) is 12.1. The number of benzene rings is 1. The number of rotatable bonds is 3. The van der Waals surface area contributed by atoms with E-state index in [9.17, 15) is 8.42 Å². The van der Waals surface area contributed by atoms with Crippen LogP contribution in [0.15, 0.2) is 35.4 Å². The minimum absolute atomic E-state index is 0.249. The number of nitrogen functional groups attached to an aromatic ring is 1. The van der Waals surface area contributed by atoms with Crippen molar-refractivity contribution in [3.8, 4) is 11.1 Å². The maximum Gasteiger partial charge on any atom is 0.181 e. The summed E-state index contributed by atoms with van der Waals surface area (Å²) in [6.45, 7) is 0. The molecule has 1 saturated carbocycles. The van der Waals surface area contributed by atoms with E-state index in [1.807, 2.05) is 6.07 Å². The maximum atomic E-state index is 12.7. The molecule has 0 unspecified atom stereocenters. The average Bonchev–Trinajstić information content (AvgIpc) is 2.67. The van der Waals surface area contributed by atoms with E-state index >= 15 is 0 Å². The maximum absolute atomic E-state index is 12.7. The number of hydrogen-bond acceptors (Lipinski definition) is 4. The molecule has 5 nitrogen and oxygen atoms in total. The number of aromatic nitrogens is 2. The number of anilines is 1. The van der Waals surface area contributed by atoms with Crippen LogP contribution in [0.2, 0.25) is 0 Å². The lowest BCUT2D eigenvalue weighted by atomic mass is 10.00. The van der Waals surface area contributed by atoms with Crippen LogP contribution >= 0.6 is 0 Å². The Morgan fingerprint density at radius 2 is 1.95 bits per heavy atom. The Kier molecular flexibility index (Phi) is 3.05. The normalized spacial score (nSPS) is 16.1. The lowest BCUT2D eigenvalue weighted by Crippen LogP contribution is -2.28. The first-order chi connectivity index (χ1) is 9.51. The topological polar surface area (TPSA) is 78.0 Å². The van der Waals surface area contributed by atoms with Crippen molar-refractivity contribution in [3.63, 3.8) is 0 Å². The third-order valence-corrected chi connectivity index (χ3v) is 6.28. The molecule has 2 aromatic rings. The summed E-state index contributed by atoms with van der Waals surface area (Å²) < 4.78 is 26.9. The van der Waals surface area contributed by atoms with Gasteiger partial charge in [0.05, 0.1) is 16.3 Å². The van der Waals surface area contributed by atoms with Gasteiger partial charge in [-0.2, -0.15) is 5.10 Å². The fourth-order valence-corrected chi connectivity index (χ4v) is 4.52. The molecule has 0 bridgehead atoms. The van der Waals surface area contributed by atoms with Gasteiger partial charge in [0.2, 0.25) is 0 Å². The Labute approximate surface area is 118 Å². The van der Waals surface area contributed by atoms with Crippen molar-refractivity contribution in [1.82, 2.24) is 9.78 Å². The van der Waals surface area contributed by atoms with Crippen LogP contribution in [-0.4, -0.2) is 23.4 Å². The molecule has 20 heavy (non-hydrogen) atoms. The van der Waals surface area contributed by atoms with Crippen LogP contribution < -0.4 is 5.73 Å². The molecule has 1 aromatic heterocycles. The van der Waals surface area contributed by atoms with Crippen molar-refractivity contribution < 1.29 is 8.42 Å². The van der Waals surface area contributed by atoms with E-state index in [1.54, 1.807) is 36.1 Å². The predicted molar refractivity (Wildman–Crippen MR) is 77.9 cm³/mol. The molecule has 0 spiro atoms. The van der Waals surface area contributed by atoms with Crippen molar-refractivity contribution >= 4 is 15.7 Å². The van der Waals surface area contributed by atoms with Crippen LogP contribution in [0.1, 0.15) is 19.3 Å².